The van der Waals surface area contributed by atoms with Crippen LogP contribution in [0.3, 0.4) is 0 Å². The van der Waals surface area contributed by atoms with E-state index < -0.39 is 10.0 Å². The van der Waals surface area contributed by atoms with E-state index in [0.717, 1.165) is 5.56 Å². The first-order chi connectivity index (χ1) is 9.80. The maximum atomic E-state index is 12.3. The van der Waals surface area contributed by atoms with E-state index in [9.17, 15) is 8.42 Å². The molecular formula is C14H14Cl2N2O2S. The SMILES string of the molecule is Cc1ccc(Cl)c(NS(=O)(=O)Cc2ccccc2N)c1Cl. The van der Waals surface area contributed by atoms with Gasteiger partial charge in [0.15, 0.2) is 0 Å². The van der Waals surface area contributed by atoms with Crippen molar-refractivity contribution in [1.29, 1.82) is 0 Å². The number of para-hydroxylation sites is 1. The molecule has 4 nitrogen and oxygen atoms in total. The van der Waals surface area contributed by atoms with Gasteiger partial charge < -0.3 is 5.73 Å². The smallest absolute Gasteiger partial charge is 0.237 e. The number of anilines is 2. The van der Waals surface area contributed by atoms with Crippen LogP contribution in [0.4, 0.5) is 11.4 Å². The summed E-state index contributed by atoms with van der Waals surface area (Å²) in [6.07, 6.45) is 0. The highest BCUT2D eigenvalue weighted by Crippen LogP contribution is 2.34. The molecule has 0 aliphatic rings. The van der Waals surface area contributed by atoms with Crippen LogP contribution >= 0.6 is 23.2 Å². The Morgan fingerprint density at radius 1 is 1.14 bits per heavy atom. The zero-order valence-corrected chi connectivity index (χ0v) is 13.6. The normalized spacial score (nSPS) is 11.4. The molecule has 2 aromatic carbocycles. The highest BCUT2D eigenvalue weighted by atomic mass is 35.5. The monoisotopic (exact) mass is 344 g/mol. The summed E-state index contributed by atoms with van der Waals surface area (Å²) in [5.41, 5.74) is 7.62. The predicted molar refractivity (Wildman–Crippen MR) is 88.3 cm³/mol. The summed E-state index contributed by atoms with van der Waals surface area (Å²) >= 11 is 12.1. The molecule has 7 heteroatoms. The third-order valence-electron chi connectivity index (χ3n) is 2.94. The van der Waals surface area contributed by atoms with Crippen LogP contribution in [0.2, 0.25) is 10.0 Å². The number of benzene rings is 2. The van der Waals surface area contributed by atoms with E-state index >= 15 is 0 Å². The predicted octanol–water partition coefficient (Wildman–Crippen LogP) is 3.83. The van der Waals surface area contributed by atoms with Gasteiger partial charge in [-0.2, -0.15) is 0 Å². The third kappa shape index (κ3) is 3.81. The van der Waals surface area contributed by atoms with E-state index in [1.165, 1.54) is 0 Å². The zero-order chi connectivity index (χ0) is 15.6. The molecular weight excluding hydrogens is 331 g/mol. The molecule has 2 rings (SSSR count). The van der Waals surface area contributed by atoms with Crippen molar-refractivity contribution < 1.29 is 8.42 Å². The number of hydrogen-bond acceptors (Lipinski definition) is 3. The summed E-state index contributed by atoms with van der Waals surface area (Å²) < 4.78 is 26.9. The molecule has 0 atom stereocenters. The van der Waals surface area contributed by atoms with E-state index in [2.05, 4.69) is 4.72 Å². The molecule has 112 valence electrons. The lowest BCUT2D eigenvalue weighted by Gasteiger charge is -2.13. The first kappa shape index (κ1) is 15.9. The average molecular weight is 345 g/mol. The Hall–Kier alpha value is -1.43. The third-order valence-corrected chi connectivity index (χ3v) is 4.95. The van der Waals surface area contributed by atoms with Gasteiger partial charge in [0, 0.05) is 5.69 Å². The second kappa shape index (κ2) is 6.13. The lowest BCUT2D eigenvalue weighted by atomic mass is 10.2. The molecule has 0 saturated carbocycles. The standard InChI is InChI=1S/C14H14Cl2N2O2S/c1-9-6-7-11(15)14(13(9)16)18-21(19,20)8-10-4-2-3-5-12(10)17/h2-7,18H,8,17H2,1H3. The van der Waals surface area contributed by atoms with Crippen molar-refractivity contribution in [3.63, 3.8) is 0 Å². The fourth-order valence-electron chi connectivity index (χ4n) is 1.81. The quantitative estimate of drug-likeness (QED) is 0.828. The second-order valence-corrected chi connectivity index (χ2v) is 7.12. The summed E-state index contributed by atoms with van der Waals surface area (Å²) in [6.45, 7) is 1.77. The average Bonchev–Trinajstić information content (AvgIpc) is 2.42. The molecule has 21 heavy (non-hydrogen) atoms. The molecule has 3 N–H and O–H groups in total. The summed E-state index contributed by atoms with van der Waals surface area (Å²) in [6, 6.07) is 10.1. The number of aryl methyl sites for hydroxylation is 1. The van der Waals surface area contributed by atoms with Gasteiger partial charge in [-0.1, -0.05) is 47.5 Å². The van der Waals surface area contributed by atoms with Crippen molar-refractivity contribution in [2.45, 2.75) is 12.7 Å². The fourth-order valence-corrected chi connectivity index (χ4v) is 3.66. The van der Waals surface area contributed by atoms with Crippen molar-refractivity contribution in [1.82, 2.24) is 0 Å². The van der Waals surface area contributed by atoms with Crippen molar-refractivity contribution in [2.24, 2.45) is 0 Å². The number of nitrogens with two attached hydrogens (primary N) is 1. The number of nitrogens with one attached hydrogen (secondary N) is 1. The number of nitrogen functional groups attached to an aromatic ring is 1. The van der Waals surface area contributed by atoms with Crippen molar-refractivity contribution >= 4 is 44.6 Å². The second-order valence-electron chi connectivity index (χ2n) is 4.61. The topological polar surface area (TPSA) is 72.2 Å². The molecule has 0 heterocycles. The van der Waals surface area contributed by atoms with Gasteiger partial charge in [-0.05, 0) is 30.2 Å². The minimum absolute atomic E-state index is 0.188. The molecule has 0 bridgehead atoms. The maximum absolute atomic E-state index is 12.3. The van der Waals surface area contributed by atoms with Crippen LogP contribution in [0, 0.1) is 6.92 Å². The van der Waals surface area contributed by atoms with Crippen LogP contribution in [0.15, 0.2) is 36.4 Å². The van der Waals surface area contributed by atoms with Crippen LogP contribution in [0.1, 0.15) is 11.1 Å². The van der Waals surface area contributed by atoms with E-state index in [0.29, 0.717) is 11.3 Å². The molecule has 0 spiro atoms. The van der Waals surface area contributed by atoms with Crippen LogP contribution in [0.5, 0.6) is 0 Å². The minimum Gasteiger partial charge on any atom is -0.398 e. The van der Waals surface area contributed by atoms with Gasteiger partial charge in [0.2, 0.25) is 10.0 Å². The molecule has 2 aromatic rings. The molecule has 0 saturated heterocycles. The Balaban J connectivity index is 2.31. The maximum Gasteiger partial charge on any atom is 0.237 e. The van der Waals surface area contributed by atoms with E-state index in [1.807, 2.05) is 0 Å². The van der Waals surface area contributed by atoms with E-state index in [-0.39, 0.29) is 21.5 Å². The Morgan fingerprint density at radius 3 is 2.48 bits per heavy atom. The van der Waals surface area contributed by atoms with Gasteiger partial charge in [0.25, 0.3) is 0 Å². The minimum atomic E-state index is -3.67. The molecule has 0 fully saturated rings. The molecule has 0 aliphatic heterocycles. The number of sulfonamides is 1. The van der Waals surface area contributed by atoms with Gasteiger partial charge >= 0.3 is 0 Å². The molecule has 0 aromatic heterocycles. The van der Waals surface area contributed by atoms with Crippen LogP contribution < -0.4 is 10.5 Å². The Kier molecular flexibility index (Phi) is 4.66. The first-order valence-electron chi connectivity index (χ1n) is 6.08. The van der Waals surface area contributed by atoms with Crippen molar-refractivity contribution in [2.75, 3.05) is 10.5 Å². The number of halogens is 2. The molecule has 0 aliphatic carbocycles. The summed E-state index contributed by atoms with van der Waals surface area (Å²) in [5.74, 6) is -0.250. The molecule has 0 radical (unpaired) electrons. The summed E-state index contributed by atoms with van der Waals surface area (Å²) in [7, 11) is -3.67. The Labute approximate surface area is 133 Å². The van der Waals surface area contributed by atoms with Gasteiger partial charge in [0.05, 0.1) is 21.5 Å². The number of hydrogen-bond donors (Lipinski definition) is 2. The number of rotatable bonds is 4. The van der Waals surface area contributed by atoms with E-state index in [4.69, 9.17) is 28.9 Å². The Bertz CT molecular complexity index is 777. The molecule has 0 amide bonds. The molecule has 0 unspecified atom stereocenters. The van der Waals surface area contributed by atoms with Crippen LogP contribution in [0.25, 0.3) is 0 Å². The van der Waals surface area contributed by atoms with E-state index in [1.54, 1.807) is 43.3 Å². The van der Waals surface area contributed by atoms with Gasteiger partial charge in [-0.15, -0.1) is 0 Å². The Morgan fingerprint density at radius 2 is 1.81 bits per heavy atom. The van der Waals surface area contributed by atoms with Crippen LogP contribution in [-0.2, 0) is 15.8 Å². The highest BCUT2D eigenvalue weighted by Gasteiger charge is 2.18. The largest absolute Gasteiger partial charge is 0.398 e. The van der Waals surface area contributed by atoms with Crippen molar-refractivity contribution in [3.05, 3.63) is 57.6 Å². The summed E-state index contributed by atoms with van der Waals surface area (Å²) in [5, 5.41) is 0.530. The summed E-state index contributed by atoms with van der Waals surface area (Å²) in [4.78, 5) is 0. The van der Waals surface area contributed by atoms with Gasteiger partial charge in [-0.3, -0.25) is 4.72 Å². The lowest BCUT2D eigenvalue weighted by molar-refractivity contribution is 0.600. The van der Waals surface area contributed by atoms with Crippen LogP contribution in [-0.4, -0.2) is 8.42 Å². The highest BCUT2D eigenvalue weighted by molar-refractivity contribution is 7.92. The van der Waals surface area contributed by atoms with Gasteiger partial charge in [0.1, 0.15) is 0 Å². The van der Waals surface area contributed by atoms with Crippen molar-refractivity contribution in [3.8, 4) is 0 Å². The zero-order valence-electron chi connectivity index (χ0n) is 11.2. The first-order valence-corrected chi connectivity index (χ1v) is 8.49. The van der Waals surface area contributed by atoms with Gasteiger partial charge in [-0.25, -0.2) is 8.42 Å². The lowest BCUT2D eigenvalue weighted by Crippen LogP contribution is -2.16. The fraction of sp³-hybridized carbons (Fsp3) is 0.143.